The Balaban J connectivity index is 2.68. The van der Waals surface area contributed by atoms with E-state index in [4.69, 9.17) is 0 Å². The molecule has 0 heterocycles. The zero-order chi connectivity index (χ0) is 14.5. The molecule has 1 aromatic carbocycles. The number of nitrogens with one attached hydrogen (secondary N) is 1. The van der Waals surface area contributed by atoms with Gasteiger partial charge in [0.05, 0.1) is 0 Å². The number of halogens is 2. The smallest absolute Gasteiger partial charge is 0.129 e. The van der Waals surface area contributed by atoms with Crippen molar-refractivity contribution in [3.05, 3.63) is 35.4 Å². The van der Waals surface area contributed by atoms with Gasteiger partial charge < -0.3 is 5.32 Å². The predicted octanol–water partition coefficient (Wildman–Crippen LogP) is 4.31. The lowest BCUT2D eigenvalue weighted by Crippen LogP contribution is -2.33. The molecule has 0 aliphatic heterocycles. The van der Waals surface area contributed by atoms with Crippen molar-refractivity contribution in [2.75, 3.05) is 6.54 Å². The monoisotopic (exact) mass is 269 g/mol. The van der Waals surface area contributed by atoms with Crippen LogP contribution in [0.1, 0.15) is 46.1 Å². The van der Waals surface area contributed by atoms with Crippen molar-refractivity contribution in [3.8, 4) is 0 Å². The molecule has 0 fully saturated rings. The maximum atomic E-state index is 13.7. The first-order valence-electron chi connectivity index (χ1n) is 7.02. The molecule has 1 atom stereocenters. The lowest BCUT2D eigenvalue weighted by atomic mass is 9.80. The minimum absolute atomic E-state index is 0.136. The van der Waals surface area contributed by atoms with E-state index in [2.05, 4.69) is 33.0 Å². The number of rotatable bonds is 7. The van der Waals surface area contributed by atoms with Gasteiger partial charge in [0.25, 0.3) is 0 Å². The summed E-state index contributed by atoms with van der Waals surface area (Å²) in [6.07, 6.45) is 2.40. The second-order valence-electron chi connectivity index (χ2n) is 6.10. The Hall–Kier alpha value is -0.960. The summed E-state index contributed by atoms with van der Waals surface area (Å²) < 4.78 is 27.3. The topological polar surface area (TPSA) is 12.0 Å². The molecule has 1 rings (SSSR count). The zero-order valence-corrected chi connectivity index (χ0v) is 12.4. The summed E-state index contributed by atoms with van der Waals surface area (Å²) in [6, 6.07) is 4.41. The standard InChI is InChI=1S/C16H25F2N/c1-5-9-19-12(2)10-16(3,4)11-13-14(17)7-6-8-15(13)18/h6-8,12,19H,5,9-11H2,1-4H3. The fourth-order valence-electron chi connectivity index (χ4n) is 2.54. The molecule has 1 unspecified atom stereocenters. The largest absolute Gasteiger partial charge is 0.314 e. The molecular formula is C16H25F2N. The molecule has 0 aliphatic carbocycles. The Labute approximate surface area is 115 Å². The quantitative estimate of drug-likeness (QED) is 0.777. The first-order chi connectivity index (χ1) is 8.85. The van der Waals surface area contributed by atoms with E-state index in [9.17, 15) is 8.78 Å². The summed E-state index contributed by atoms with van der Waals surface area (Å²) in [6.45, 7) is 9.34. The summed E-state index contributed by atoms with van der Waals surface area (Å²) in [4.78, 5) is 0. The Bertz CT molecular complexity index is 381. The number of benzene rings is 1. The fourth-order valence-corrected chi connectivity index (χ4v) is 2.54. The second-order valence-corrected chi connectivity index (χ2v) is 6.10. The van der Waals surface area contributed by atoms with Crippen LogP contribution < -0.4 is 5.32 Å². The lowest BCUT2D eigenvalue weighted by Gasteiger charge is -2.29. The van der Waals surface area contributed by atoms with Crippen LogP contribution in [0, 0.1) is 17.0 Å². The first kappa shape index (κ1) is 16.1. The van der Waals surface area contributed by atoms with Gasteiger partial charge in [-0.05, 0) is 50.3 Å². The molecular weight excluding hydrogens is 244 g/mol. The Morgan fingerprint density at radius 2 is 1.79 bits per heavy atom. The lowest BCUT2D eigenvalue weighted by molar-refractivity contribution is 0.280. The minimum Gasteiger partial charge on any atom is -0.314 e. The summed E-state index contributed by atoms with van der Waals surface area (Å²) in [5.41, 5.74) is 0.0682. The molecule has 0 saturated heterocycles. The van der Waals surface area contributed by atoms with Gasteiger partial charge in [0.2, 0.25) is 0 Å². The van der Waals surface area contributed by atoms with Crippen LogP contribution in [0.25, 0.3) is 0 Å². The van der Waals surface area contributed by atoms with Crippen molar-refractivity contribution >= 4 is 0 Å². The van der Waals surface area contributed by atoms with Crippen LogP contribution in [0.2, 0.25) is 0 Å². The molecule has 0 saturated carbocycles. The van der Waals surface area contributed by atoms with Crippen LogP contribution in [0.15, 0.2) is 18.2 Å². The van der Waals surface area contributed by atoms with Crippen LogP contribution >= 0.6 is 0 Å². The normalized spacial score (nSPS) is 13.6. The summed E-state index contributed by atoms with van der Waals surface area (Å²) >= 11 is 0. The van der Waals surface area contributed by atoms with Gasteiger partial charge in [-0.15, -0.1) is 0 Å². The van der Waals surface area contributed by atoms with E-state index in [1.54, 1.807) is 0 Å². The van der Waals surface area contributed by atoms with Gasteiger partial charge >= 0.3 is 0 Å². The fraction of sp³-hybridized carbons (Fsp3) is 0.625. The molecule has 1 nitrogen and oxygen atoms in total. The number of hydrogen-bond acceptors (Lipinski definition) is 1. The molecule has 0 radical (unpaired) electrons. The minimum atomic E-state index is -0.442. The van der Waals surface area contributed by atoms with E-state index >= 15 is 0 Å². The molecule has 0 amide bonds. The van der Waals surface area contributed by atoms with E-state index in [1.165, 1.54) is 18.2 Å². The van der Waals surface area contributed by atoms with Gasteiger partial charge in [-0.1, -0.05) is 26.8 Å². The van der Waals surface area contributed by atoms with Gasteiger partial charge in [-0.25, -0.2) is 8.78 Å². The zero-order valence-electron chi connectivity index (χ0n) is 12.4. The van der Waals surface area contributed by atoms with Crippen LogP contribution in [0.3, 0.4) is 0 Å². The van der Waals surface area contributed by atoms with Crippen molar-refractivity contribution in [1.82, 2.24) is 5.32 Å². The number of hydrogen-bond donors (Lipinski definition) is 1. The molecule has 108 valence electrons. The van der Waals surface area contributed by atoms with E-state index in [0.29, 0.717) is 12.5 Å². The molecule has 3 heteroatoms. The van der Waals surface area contributed by atoms with E-state index in [-0.39, 0.29) is 11.0 Å². The molecule has 0 aromatic heterocycles. The van der Waals surface area contributed by atoms with Crippen LogP contribution in [0.4, 0.5) is 8.78 Å². The van der Waals surface area contributed by atoms with E-state index in [1.807, 2.05) is 0 Å². The average Bonchev–Trinajstić information content (AvgIpc) is 2.31. The van der Waals surface area contributed by atoms with Gasteiger partial charge in [-0.2, -0.15) is 0 Å². The highest BCUT2D eigenvalue weighted by Gasteiger charge is 2.24. The van der Waals surface area contributed by atoms with Crippen molar-refractivity contribution < 1.29 is 8.78 Å². The third kappa shape index (κ3) is 5.27. The van der Waals surface area contributed by atoms with Crippen molar-refractivity contribution in [1.29, 1.82) is 0 Å². The van der Waals surface area contributed by atoms with Crippen molar-refractivity contribution in [2.24, 2.45) is 5.41 Å². The molecule has 1 N–H and O–H groups in total. The van der Waals surface area contributed by atoms with Crippen LogP contribution in [0.5, 0.6) is 0 Å². The van der Waals surface area contributed by atoms with Gasteiger partial charge in [0, 0.05) is 11.6 Å². The van der Waals surface area contributed by atoms with Gasteiger partial charge in [0.15, 0.2) is 0 Å². The highest BCUT2D eigenvalue weighted by Crippen LogP contribution is 2.29. The van der Waals surface area contributed by atoms with E-state index in [0.717, 1.165) is 19.4 Å². The molecule has 0 aliphatic rings. The van der Waals surface area contributed by atoms with Crippen LogP contribution in [-0.4, -0.2) is 12.6 Å². The van der Waals surface area contributed by atoms with Crippen LogP contribution in [-0.2, 0) is 6.42 Å². The average molecular weight is 269 g/mol. The molecule has 0 bridgehead atoms. The highest BCUT2D eigenvalue weighted by atomic mass is 19.1. The molecule has 1 aromatic rings. The van der Waals surface area contributed by atoms with Crippen molar-refractivity contribution in [3.63, 3.8) is 0 Å². The van der Waals surface area contributed by atoms with Gasteiger partial charge in [0.1, 0.15) is 11.6 Å². The van der Waals surface area contributed by atoms with Gasteiger partial charge in [-0.3, -0.25) is 0 Å². The maximum absolute atomic E-state index is 13.7. The Morgan fingerprint density at radius 3 is 2.32 bits per heavy atom. The Morgan fingerprint density at radius 1 is 1.21 bits per heavy atom. The third-order valence-corrected chi connectivity index (χ3v) is 3.32. The van der Waals surface area contributed by atoms with Crippen molar-refractivity contribution in [2.45, 2.75) is 53.0 Å². The highest BCUT2D eigenvalue weighted by molar-refractivity contribution is 5.21. The predicted molar refractivity (Wildman–Crippen MR) is 76.2 cm³/mol. The second kappa shape index (κ2) is 6.99. The first-order valence-corrected chi connectivity index (χ1v) is 7.02. The summed E-state index contributed by atoms with van der Waals surface area (Å²) in [5, 5.41) is 3.42. The summed E-state index contributed by atoms with van der Waals surface area (Å²) in [5.74, 6) is -0.885. The SMILES string of the molecule is CCCNC(C)CC(C)(C)Cc1c(F)cccc1F. The summed E-state index contributed by atoms with van der Waals surface area (Å²) in [7, 11) is 0. The maximum Gasteiger partial charge on any atom is 0.129 e. The van der Waals surface area contributed by atoms with E-state index < -0.39 is 11.6 Å². The molecule has 0 spiro atoms. The Kier molecular flexibility index (Phi) is 5.92. The third-order valence-electron chi connectivity index (χ3n) is 3.32. The molecule has 19 heavy (non-hydrogen) atoms.